The lowest BCUT2D eigenvalue weighted by atomic mass is 10.1. The van der Waals surface area contributed by atoms with E-state index in [4.69, 9.17) is 4.74 Å². The molecule has 2 aromatic heterocycles. The SMILES string of the molecule is CCOC(=O)c1sc2nc(C)nc(N3CCC[C@@H]3C(=O)O)c2c1C. The average Bonchev–Trinajstić information content (AvgIpc) is 3.12. The number of esters is 1. The summed E-state index contributed by atoms with van der Waals surface area (Å²) in [6, 6.07) is -0.590. The lowest BCUT2D eigenvalue weighted by Gasteiger charge is -2.23. The molecule has 0 aliphatic carbocycles. The van der Waals surface area contributed by atoms with E-state index in [1.165, 1.54) is 11.3 Å². The maximum Gasteiger partial charge on any atom is 0.348 e. The van der Waals surface area contributed by atoms with Gasteiger partial charge < -0.3 is 14.7 Å². The Kier molecular flexibility index (Phi) is 4.40. The van der Waals surface area contributed by atoms with Gasteiger partial charge in [-0.25, -0.2) is 19.6 Å². The molecule has 8 heteroatoms. The van der Waals surface area contributed by atoms with Crippen LogP contribution in [0, 0.1) is 13.8 Å². The molecular formula is C16H19N3O4S. The van der Waals surface area contributed by atoms with Gasteiger partial charge >= 0.3 is 11.9 Å². The van der Waals surface area contributed by atoms with Gasteiger partial charge in [0, 0.05) is 6.54 Å². The highest BCUT2D eigenvalue weighted by atomic mass is 32.1. The van der Waals surface area contributed by atoms with Gasteiger partial charge in [0.2, 0.25) is 0 Å². The highest BCUT2D eigenvalue weighted by Gasteiger charge is 2.34. The number of nitrogens with zero attached hydrogens (tertiary/aromatic N) is 3. The van der Waals surface area contributed by atoms with Crippen LogP contribution >= 0.6 is 11.3 Å². The van der Waals surface area contributed by atoms with Crippen molar-refractivity contribution in [1.29, 1.82) is 0 Å². The van der Waals surface area contributed by atoms with Gasteiger partial charge in [-0.05, 0) is 39.2 Å². The molecule has 1 saturated heterocycles. The Balaban J connectivity index is 2.17. The number of anilines is 1. The van der Waals surface area contributed by atoms with E-state index in [0.717, 1.165) is 17.4 Å². The molecule has 1 N–H and O–H groups in total. The third kappa shape index (κ3) is 2.71. The van der Waals surface area contributed by atoms with Gasteiger partial charge in [0.15, 0.2) is 0 Å². The predicted molar refractivity (Wildman–Crippen MR) is 90.8 cm³/mol. The van der Waals surface area contributed by atoms with E-state index < -0.39 is 12.0 Å². The van der Waals surface area contributed by atoms with E-state index in [2.05, 4.69) is 9.97 Å². The summed E-state index contributed by atoms with van der Waals surface area (Å²) in [5.74, 6) is -0.0647. The molecule has 7 nitrogen and oxygen atoms in total. The van der Waals surface area contributed by atoms with Crippen LogP contribution in [0.15, 0.2) is 0 Å². The first kappa shape index (κ1) is 16.6. The van der Waals surface area contributed by atoms with Crippen LogP contribution in [0.25, 0.3) is 10.2 Å². The minimum absolute atomic E-state index is 0.303. The van der Waals surface area contributed by atoms with Crippen molar-refractivity contribution in [3.63, 3.8) is 0 Å². The molecule has 24 heavy (non-hydrogen) atoms. The van der Waals surface area contributed by atoms with Crippen LogP contribution in [0.3, 0.4) is 0 Å². The van der Waals surface area contributed by atoms with E-state index in [9.17, 15) is 14.7 Å². The minimum Gasteiger partial charge on any atom is -0.480 e. The third-order valence-corrected chi connectivity index (χ3v) is 5.32. The molecule has 1 atom stereocenters. The molecule has 2 aromatic rings. The van der Waals surface area contributed by atoms with Gasteiger partial charge in [-0.3, -0.25) is 0 Å². The Hall–Kier alpha value is -2.22. The van der Waals surface area contributed by atoms with Crippen molar-refractivity contribution in [2.24, 2.45) is 0 Å². The molecule has 128 valence electrons. The number of aryl methyl sites for hydroxylation is 2. The smallest absolute Gasteiger partial charge is 0.348 e. The summed E-state index contributed by atoms with van der Waals surface area (Å²) in [6.45, 7) is 6.30. The lowest BCUT2D eigenvalue weighted by molar-refractivity contribution is -0.138. The van der Waals surface area contributed by atoms with Crippen LogP contribution in [0.1, 0.15) is 40.8 Å². The Morgan fingerprint density at radius 2 is 2.12 bits per heavy atom. The third-order valence-electron chi connectivity index (χ3n) is 4.15. The van der Waals surface area contributed by atoms with Gasteiger partial charge in [-0.1, -0.05) is 0 Å². The molecule has 0 amide bonds. The molecule has 0 bridgehead atoms. The number of aromatic nitrogens is 2. The van der Waals surface area contributed by atoms with Crippen molar-refractivity contribution in [3.8, 4) is 0 Å². The molecule has 0 saturated carbocycles. The lowest BCUT2D eigenvalue weighted by Crippen LogP contribution is -2.36. The zero-order chi connectivity index (χ0) is 17.4. The maximum absolute atomic E-state index is 12.2. The highest BCUT2D eigenvalue weighted by molar-refractivity contribution is 7.20. The fourth-order valence-electron chi connectivity index (χ4n) is 3.10. The van der Waals surface area contributed by atoms with Crippen LogP contribution in [-0.4, -0.2) is 46.2 Å². The Labute approximate surface area is 143 Å². The molecule has 1 fully saturated rings. The molecule has 0 spiro atoms. The van der Waals surface area contributed by atoms with Gasteiger partial charge in [-0.15, -0.1) is 11.3 Å². The minimum atomic E-state index is -0.851. The first-order valence-corrected chi connectivity index (χ1v) is 8.70. The number of hydrogen-bond donors (Lipinski definition) is 1. The molecule has 3 heterocycles. The Bertz CT molecular complexity index is 817. The van der Waals surface area contributed by atoms with Crippen molar-refractivity contribution < 1.29 is 19.4 Å². The normalized spacial score (nSPS) is 17.5. The monoisotopic (exact) mass is 349 g/mol. The van der Waals surface area contributed by atoms with Crippen LogP contribution in [0.5, 0.6) is 0 Å². The van der Waals surface area contributed by atoms with E-state index in [-0.39, 0.29) is 5.97 Å². The molecule has 3 rings (SSSR count). The number of thiophene rings is 1. The topological polar surface area (TPSA) is 92.6 Å². The number of fused-ring (bicyclic) bond motifs is 1. The van der Waals surface area contributed by atoms with Crippen LogP contribution in [-0.2, 0) is 9.53 Å². The largest absolute Gasteiger partial charge is 0.480 e. The summed E-state index contributed by atoms with van der Waals surface area (Å²) in [6.07, 6.45) is 1.39. The number of carbonyl (C=O) groups is 2. The summed E-state index contributed by atoms with van der Waals surface area (Å²) >= 11 is 1.27. The van der Waals surface area contributed by atoms with Gasteiger partial charge in [-0.2, -0.15) is 0 Å². The molecule has 0 aromatic carbocycles. The van der Waals surface area contributed by atoms with Crippen molar-refractivity contribution >= 4 is 39.3 Å². The van der Waals surface area contributed by atoms with Crippen molar-refractivity contribution in [2.45, 2.75) is 39.7 Å². The second kappa shape index (κ2) is 6.35. The van der Waals surface area contributed by atoms with Gasteiger partial charge in [0.25, 0.3) is 0 Å². The molecule has 0 radical (unpaired) electrons. The number of ether oxygens (including phenoxy) is 1. The second-order valence-corrected chi connectivity index (χ2v) is 6.74. The standard InChI is InChI=1S/C16H19N3O4S/c1-4-23-16(22)12-8(2)11-13(17-9(3)18-14(11)24-12)19-7-5-6-10(19)15(20)21/h10H,4-7H2,1-3H3,(H,20,21)/t10-/m1/s1. The Morgan fingerprint density at radius 1 is 1.38 bits per heavy atom. The first-order valence-electron chi connectivity index (χ1n) is 7.88. The average molecular weight is 349 g/mol. The molecular weight excluding hydrogens is 330 g/mol. The second-order valence-electron chi connectivity index (χ2n) is 5.74. The predicted octanol–water partition coefficient (Wildman–Crippen LogP) is 2.54. The molecule has 1 aliphatic rings. The van der Waals surface area contributed by atoms with E-state index in [1.807, 2.05) is 11.8 Å². The first-order chi connectivity index (χ1) is 11.4. The van der Waals surface area contributed by atoms with Crippen molar-refractivity contribution in [1.82, 2.24) is 9.97 Å². The van der Waals surface area contributed by atoms with E-state index in [0.29, 0.717) is 40.9 Å². The summed E-state index contributed by atoms with van der Waals surface area (Å²) in [7, 11) is 0. The van der Waals surface area contributed by atoms with E-state index in [1.54, 1.807) is 13.8 Å². The number of carbonyl (C=O) groups excluding carboxylic acids is 1. The van der Waals surface area contributed by atoms with Crippen LogP contribution < -0.4 is 4.90 Å². The fourth-order valence-corrected chi connectivity index (χ4v) is 4.21. The zero-order valence-electron chi connectivity index (χ0n) is 13.8. The summed E-state index contributed by atoms with van der Waals surface area (Å²) in [5, 5.41) is 10.2. The quantitative estimate of drug-likeness (QED) is 0.848. The van der Waals surface area contributed by atoms with E-state index >= 15 is 0 Å². The zero-order valence-corrected chi connectivity index (χ0v) is 14.6. The molecule has 1 aliphatic heterocycles. The summed E-state index contributed by atoms with van der Waals surface area (Å²) < 4.78 is 5.11. The number of rotatable bonds is 4. The van der Waals surface area contributed by atoms with Crippen LogP contribution in [0.2, 0.25) is 0 Å². The van der Waals surface area contributed by atoms with Crippen molar-refractivity contribution in [2.75, 3.05) is 18.1 Å². The number of hydrogen-bond acceptors (Lipinski definition) is 7. The van der Waals surface area contributed by atoms with Gasteiger partial charge in [0.1, 0.15) is 27.4 Å². The number of carboxylic acids is 1. The number of aliphatic carboxylic acids is 1. The fraction of sp³-hybridized carbons (Fsp3) is 0.500. The summed E-state index contributed by atoms with van der Waals surface area (Å²) in [5.41, 5.74) is 0.750. The highest BCUT2D eigenvalue weighted by Crippen LogP contribution is 2.38. The maximum atomic E-state index is 12.2. The number of carboxylic acid groups (broad SMARTS) is 1. The Morgan fingerprint density at radius 3 is 2.79 bits per heavy atom. The van der Waals surface area contributed by atoms with Crippen LogP contribution in [0.4, 0.5) is 5.82 Å². The van der Waals surface area contributed by atoms with Gasteiger partial charge in [0.05, 0.1) is 12.0 Å². The molecule has 0 unspecified atom stereocenters. The summed E-state index contributed by atoms with van der Waals surface area (Å²) in [4.78, 5) is 35.6. The van der Waals surface area contributed by atoms with Crippen molar-refractivity contribution in [3.05, 3.63) is 16.3 Å².